The van der Waals surface area contributed by atoms with Crippen LogP contribution in [0, 0.1) is 5.92 Å². The van der Waals surface area contributed by atoms with Crippen LogP contribution in [0.25, 0.3) is 0 Å². The Bertz CT molecular complexity index is 1350. The van der Waals surface area contributed by atoms with Gasteiger partial charge in [-0.05, 0) is 42.4 Å². The van der Waals surface area contributed by atoms with Crippen LogP contribution in [0.15, 0.2) is 70.9 Å². The summed E-state index contributed by atoms with van der Waals surface area (Å²) in [6, 6.07) is 17.5. The first kappa shape index (κ1) is 23.5. The highest BCUT2D eigenvalue weighted by Crippen LogP contribution is 2.56. The van der Waals surface area contributed by atoms with Gasteiger partial charge >= 0.3 is 11.9 Å². The monoisotopic (exact) mass is 499 g/mol. The van der Waals surface area contributed by atoms with Crippen LogP contribution in [0.2, 0.25) is 0 Å². The standard InChI is InChI=1S/C29H29N3O5/c1-36-26(34)23-24(27(35)37-2)30-28-29(15-14-22(33)32(28)17-19-12-13-19)20-10-6-7-11-21(20)31(25(23)29)16-18-8-4-3-5-9-18/h3-11,19,25H,12-17H2,1-2H3/t25-,29-/m0/s1. The van der Waals surface area contributed by atoms with Crippen molar-refractivity contribution < 1.29 is 23.9 Å². The van der Waals surface area contributed by atoms with Crippen molar-refractivity contribution in [2.45, 2.75) is 43.7 Å². The van der Waals surface area contributed by atoms with Crippen LogP contribution < -0.4 is 4.90 Å². The van der Waals surface area contributed by atoms with Gasteiger partial charge in [-0.3, -0.25) is 9.69 Å². The lowest BCUT2D eigenvalue weighted by atomic mass is 9.65. The number of methoxy groups -OCH3 is 2. The van der Waals surface area contributed by atoms with Crippen LogP contribution in [0.4, 0.5) is 5.69 Å². The van der Waals surface area contributed by atoms with E-state index < -0.39 is 23.4 Å². The Morgan fingerprint density at radius 3 is 2.41 bits per heavy atom. The van der Waals surface area contributed by atoms with Crippen molar-refractivity contribution in [3.05, 3.63) is 77.0 Å². The van der Waals surface area contributed by atoms with E-state index in [1.165, 1.54) is 14.2 Å². The normalized spacial score (nSPS) is 24.2. The molecular formula is C29H29N3O5. The van der Waals surface area contributed by atoms with Gasteiger partial charge in [-0.1, -0.05) is 48.5 Å². The highest BCUT2D eigenvalue weighted by Gasteiger charge is 2.63. The van der Waals surface area contributed by atoms with Crippen LogP contribution in [-0.4, -0.2) is 55.4 Å². The van der Waals surface area contributed by atoms with E-state index in [1.807, 2.05) is 48.5 Å². The number of likely N-dealkylation sites (tertiary alicyclic amines) is 1. The second-order valence-corrected chi connectivity index (χ2v) is 10.1. The quantitative estimate of drug-likeness (QED) is 0.567. The Balaban J connectivity index is 1.63. The van der Waals surface area contributed by atoms with Gasteiger partial charge < -0.3 is 14.4 Å². The van der Waals surface area contributed by atoms with Crippen LogP contribution in [0.5, 0.6) is 0 Å². The second kappa shape index (κ2) is 8.87. The zero-order chi connectivity index (χ0) is 25.7. The zero-order valence-corrected chi connectivity index (χ0v) is 21.0. The molecule has 0 unspecified atom stereocenters. The van der Waals surface area contributed by atoms with Gasteiger partial charge in [0.1, 0.15) is 5.84 Å². The molecule has 1 saturated heterocycles. The fourth-order valence-electron chi connectivity index (χ4n) is 6.21. The number of amides is 1. The molecule has 1 spiro atoms. The van der Waals surface area contributed by atoms with Gasteiger partial charge in [0.2, 0.25) is 5.91 Å². The lowest BCUT2D eigenvalue weighted by molar-refractivity contribution is -0.140. The molecule has 4 aliphatic rings. The number of nitrogens with zero attached hydrogens (tertiary/aromatic N) is 3. The summed E-state index contributed by atoms with van der Waals surface area (Å²) < 4.78 is 10.3. The summed E-state index contributed by atoms with van der Waals surface area (Å²) in [6.07, 6.45) is 2.94. The molecule has 190 valence electrons. The summed E-state index contributed by atoms with van der Waals surface area (Å²) in [4.78, 5) is 48.6. The van der Waals surface area contributed by atoms with Crippen molar-refractivity contribution in [1.82, 2.24) is 4.90 Å². The molecule has 2 aromatic rings. The molecule has 2 fully saturated rings. The summed E-state index contributed by atoms with van der Waals surface area (Å²) >= 11 is 0. The van der Waals surface area contributed by atoms with E-state index in [0.29, 0.717) is 37.7 Å². The van der Waals surface area contributed by atoms with Gasteiger partial charge in [0.05, 0.1) is 31.2 Å². The maximum absolute atomic E-state index is 13.4. The molecule has 0 aromatic heterocycles. The SMILES string of the molecule is COC(=O)C1=C(C(=O)OC)[C@@H]2N(Cc3ccccc3)c3ccccc3[C@@]23CCC(=O)N(CC2CC2)C3=N1. The molecule has 3 heterocycles. The highest BCUT2D eigenvalue weighted by molar-refractivity contribution is 6.15. The smallest absolute Gasteiger partial charge is 0.357 e. The van der Waals surface area contributed by atoms with Crippen LogP contribution in [0.1, 0.15) is 36.8 Å². The molecule has 2 atom stereocenters. The number of hydrogen-bond acceptors (Lipinski definition) is 7. The Labute approximate surface area is 215 Å². The van der Waals surface area contributed by atoms with E-state index in [4.69, 9.17) is 14.5 Å². The highest BCUT2D eigenvalue weighted by atomic mass is 16.5. The molecule has 0 radical (unpaired) electrons. The van der Waals surface area contributed by atoms with E-state index in [0.717, 1.165) is 29.7 Å². The Morgan fingerprint density at radius 2 is 1.70 bits per heavy atom. The number of benzene rings is 2. The molecule has 6 rings (SSSR count). The van der Waals surface area contributed by atoms with Crippen LogP contribution in [0.3, 0.4) is 0 Å². The summed E-state index contributed by atoms with van der Waals surface area (Å²) in [7, 11) is 2.58. The minimum atomic E-state index is -0.783. The largest absolute Gasteiger partial charge is 0.466 e. The summed E-state index contributed by atoms with van der Waals surface area (Å²) in [5, 5.41) is 0. The first-order valence-corrected chi connectivity index (χ1v) is 12.7. The van der Waals surface area contributed by atoms with Crippen molar-refractivity contribution in [2.24, 2.45) is 10.9 Å². The molecular weight excluding hydrogens is 470 g/mol. The molecule has 1 amide bonds. The van der Waals surface area contributed by atoms with Crippen molar-refractivity contribution in [2.75, 3.05) is 25.7 Å². The van der Waals surface area contributed by atoms with E-state index in [1.54, 1.807) is 4.90 Å². The number of carbonyl (C=O) groups is 3. The van der Waals surface area contributed by atoms with Gasteiger partial charge in [0.15, 0.2) is 5.70 Å². The number of carbonyl (C=O) groups excluding carboxylic acids is 3. The van der Waals surface area contributed by atoms with Gasteiger partial charge in [0.25, 0.3) is 0 Å². The number of hydrogen-bond donors (Lipinski definition) is 0. The molecule has 8 heteroatoms. The van der Waals surface area contributed by atoms with Crippen LogP contribution in [-0.2, 0) is 35.8 Å². The Kier molecular flexibility index (Phi) is 5.62. The minimum absolute atomic E-state index is 0.000232. The number of amidine groups is 1. The summed E-state index contributed by atoms with van der Waals surface area (Å²) in [6.45, 7) is 1.07. The Morgan fingerprint density at radius 1 is 1.00 bits per heavy atom. The van der Waals surface area contributed by atoms with Crippen molar-refractivity contribution in [3.63, 3.8) is 0 Å². The fraction of sp³-hybridized carbons (Fsp3) is 0.379. The number of anilines is 1. The molecule has 1 aliphatic carbocycles. The predicted octanol–water partition coefficient (Wildman–Crippen LogP) is 3.36. The zero-order valence-electron chi connectivity index (χ0n) is 21.0. The van der Waals surface area contributed by atoms with E-state index in [9.17, 15) is 14.4 Å². The minimum Gasteiger partial charge on any atom is -0.466 e. The maximum Gasteiger partial charge on any atom is 0.357 e. The maximum atomic E-state index is 13.4. The lowest BCUT2D eigenvalue weighted by Gasteiger charge is -2.48. The van der Waals surface area contributed by atoms with Crippen molar-refractivity contribution in [1.29, 1.82) is 0 Å². The lowest BCUT2D eigenvalue weighted by Crippen LogP contribution is -2.63. The molecule has 3 aliphatic heterocycles. The third-order valence-corrected chi connectivity index (χ3v) is 8.03. The number of fused-ring (bicyclic) bond motifs is 1. The number of ether oxygens (including phenoxy) is 2. The number of piperidine rings is 1. The average Bonchev–Trinajstić information content (AvgIpc) is 3.72. The number of para-hydroxylation sites is 1. The molecule has 0 bridgehead atoms. The van der Waals surface area contributed by atoms with E-state index >= 15 is 0 Å². The van der Waals surface area contributed by atoms with Gasteiger partial charge in [0, 0.05) is 25.2 Å². The van der Waals surface area contributed by atoms with Gasteiger partial charge in [-0.15, -0.1) is 0 Å². The van der Waals surface area contributed by atoms with E-state index in [-0.39, 0.29) is 17.2 Å². The Hall–Kier alpha value is -3.94. The number of rotatable bonds is 6. The molecule has 8 nitrogen and oxygen atoms in total. The predicted molar refractivity (Wildman–Crippen MR) is 137 cm³/mol. The third-order valence-electron chi connectivity index (χ3n) is 8.03. The fourth-order valence-corrected chi connectivity index (χ4v) is 6.21. The summed E-state index contributed by atoms with van der Waals surface area (Å²) in [5.41, 5.74) is 2.32. The topological polar surface area (TPSA) is 88.5 Å². The average molecular weight is 500 g/mol. The van der Waals surface area contributed by atoms with Crippen molar-refractivity contribution in [3.8, 4) is 0 Å². The van der Waals surface area contributed by atoms with Crippen LogP contribution >= 0.6 is 0 Å². The molecule has 0 N–H and O–H groups in total. The molecule has 37 heavy (non-hydrogen) atoms. The van der Waals surface area contributed by atoms with Gasteiger partial charge in [-0.25, -0.2) is 14.6 Å². The number of esters is 2. The number of aliphatic imine (C=N–C) groups is 1. The van der Waals surface area contributed by atoms with Gasteiger partial charge in [-0.2, -0.15) is 0 Å². The molecule has 1 saturated carbocycles. The summed E-state index contributed by atoms with van der Waals surface area (Å²) in [5.74, 6) is -0.382. The first-order chi connectivity index (χ1) is 18.0. The molecule has 2 aromatic carbocycles. The third kappa shape index (κ3) is 3.57. The van der Waals surface area contributed by atoms with Crippen molar-refractivity contribution >= 4 is 29.4 Å². The first-order valence-electron chi connectivity index (χ1n) is 12.7. The van der Waals surface area contributed by atoms with E-state index in [2.05, 4.69) is 11.0 Å². The second-order valence-electron chi connectivity index (χ2n) is 10.1.